The number of ketones is 1. The van der Waals surface area contributed by atoms with Crippen LogP contribution >= 0.6 is 0 Å². The summed E-state index contributed by atoms with van der Waals surface area (Å²) in [7, 11) is 1.46. The van der Waals surface area contributed by atoms with Gasteiger partial charge >= 0.3 is 11.9 Å². The molecule has 2 aromatic carbocycles. The molecule has 0 aliphatic carbocycles. The second-order valence-corrected chi connectivity index (χ2v) is 6.21. The molecule has 2 rings (SSSR count). The number of hydrogen-bond donors (Lipinski definition) is 1. The van der Waals surface area contributed by atoms with Crippen molar-refractivity contribution in [2.45, 2.75) is 26.7 Å². The number of benzene rings is 2. The Morgan fingerprint density at radius 2 is 1.77 bits per heavy atom. The first-order chi connectivity index (χ1) is 14.5. The number of ether oxygens (including phenoxy) is 3. The number of esters is 2. The van der Waals surface area contributed by atoms with Crippen molar-refractivity contribution >= 4 is 23.4 Å². The van der Waals surface area contributed by atoms with E-state index < -0.39 is 11.9 Å². The summed E-state index contributed by atoms with van der Waals surface area (Å²) in [6.45, 7) is 3.69. The third-order valence-electron chi connectivity index (χ3n) is 4.04. The van der Waals surface area contributed by atoms with Crippen LogP contribution in [0.2, 0.25) is 0 Å². The molecule has 158 valence electrons. The number of rotatable bonds is 10. The van der Waals surface area contributed by atoms with Crippen LogP contribution in [0.4, 0.5) is 5.69 Å². The third-order valence-corrected chi connectivity index (χ3v) is 4.04. The van der Waals surface area contributed by atoms with E-state index in [0.717, 1.165) is 0 Å². The summed E-state index contributed by atoms with van der Waals surface area (Å²) in [5.74, 6) is -0.821. The maximum Gasteiger partial charge on any atom is 0.343 e. The van der Waals surface area contributed by atoms with Gasteiger partial charge in [0, 0.05) is 18.7 Å². The molecule has 0 unspecified atom stereocenters. The molecule has 0 atom stereocenters. The Kier molecular flexibility index (Phi) is 8.62. The van der Waals surface area contributed by atoms with Gasteiger partial charge in [0.25, 0.3) is 0 Å². The average molecular weight is 411 g/mol. The molecule has 0 bridgehead atoms. The highest BCUT2D eigenvalue weighted by molar-refractivity contribution is 6.17. The topological polar surface area (TPSA) is 90.9 Å². The normalized spacial score (nSPS) is 10.8. The van der Waals surface area contributed by atoms with Gasteiger partial charge in [0.2, 0.25) is 0 Å². The van der Waals surface area contributed by atoms with Crippen LogP contribution in [0, 0.1) is 0 Å². The predicted molar refractivity (Wildman–Crippen MR) is 113 cm³/mol. The van der Waals surface area contributed by atoms with Crippen molar-refractivity contribution in [3.05, 3.63) is 65.9 Å². The smallest absolute Gasteiger partial charge is 0.343 e. The Balaban J connectivity index is 2.20. The lowest BCUT2D eigenvalue weighted by Crippen LogP contribution is -2.17. The Morgan fingerprint density at radius 1 is 1.03 bits per heavy atom. The molecule has 0 heterocycles. The Labute approximate surface area is 175 Å². The van der Waals surface area contributed by atoms with E-state index in [0.29, 0.717) is 29.2 Å². The summed E-state index contributed by atoms with van der Waals surface area (Å²) in [6.07, 6.45) is 2.15. The van der Waals surface area contributed by atoms with Gasteiger partial charge in [-0.3, -0.25) is 4.79 Å². The molecule has 30 heavy (non-hydrogen) atoms. The second-order valence-electron chi connectivity index (χ2n) is 6.21. The van der Waals surface area contributed by atoms with E-state index in [-0.39, 0.29) is 24.4 Å². The number of hydrogen-bond acceptors (Lipinski definition) is 7. The van der Waals surface area contributed by atoms with Crippen LogP contribution in [0.1, 0.15) is 37.0 Å². The van der Waals surface area contributed by atoms with Crippen LogP contribution in [0.3, 0.4) is 0 Å². The van der Waals surface area contributed by atoms with Crippen molar-refractivity contribution in [2.24, 2.45) is 0 Å². The van der Waals surface area contributed by atoms with E-state index in [1.165, 1.54) is 19.4 Å². The minimum absolute atomic E-state index is 0.0691. The second kappa shape index (κ2) is 11.4. The zero-order valence-electron chi connectivity index (χ0n) is 17.3. The number of Topliss-reactive ketones (excluding diaryl/α,β-unsaturated/α-hetero) is 1. The number of nitrogens with one attached hydrogen (secondary N) is 1. The molecular formula is C23H25NO6. The zero-order valence-corrected chi connectivity index (χ0v) is 17.3. The molecule has 0 radical (unpaired) electrons. The molecule has 0 spiro atoms. The van der Waals surface area contributed by atoms with Gasteiger partial charge in [-0.1, -0.05) is 25.1 Å². The molecule has 0 aromatic heterocycles. The van der Waals surface area contributed by atoms with Crippen LogP contribution in [0.15, 0.2) is 60.3 Å². The minimum atomic E-state index is -0.684. The third kappa shape index (κ3) is 6.20. The van der Waals surface area contributed by atoms with Gasteiger partial charge in [-0.05, 0) is 37.6 Å². The van der Waals surface area contributed by atoms with E-state index in [1.807, 2.05) is 13.0 Å². The highest BCUT2D eigenvalue weighted by Gasteiger charge is 2.19. The molecule has 0 saturated carbocycles. The molecule has 0 aliphatic heterocycles. The molecule has 0 aliphatic rings. The van der Waals surface area contributed by atoms with Crippen LogP contribution in [0.25, 0.3) is 0 Å². The molecule has 0 fully saturated rings. The molecule has 1 N–H and O–H groups in total. The molecule has 0 saturated heterocycles. The highest BCUT2D eigenvalue weighted by atomic mass is 16.5. The van der Waals surface area contributed by atoms with E-state index in [9.17, 15) is 14.4 Å². The fourth-order valence-electron chi connectivity index (χ4n) is 2.57. The summed E-state index contributed by atoms with van der Waals surface area (Å²) in [6, 6.07) is 13.4. The zero-order chi connectivity index (χ0) is 21.9. The van der Waals surface area contributed by atoms with Crippen molar-refractivity contribution in [2.75, 3.05) is 19.0 Å². The summed E-state index contributed by atoms with van der Waals surface area (Å²) >= 11 is 0. The molecule has 7 heteroatoms. The lowest BCUT2D eigenvalue weighted by Gasteiger charge is -2.12. The van der Waals surface area contributed by atoms with Crippen LogP contribution < -0.4 is 14.8 Å². The van der Waals surface area contributed by atoms with Gasteiger partial charge in [-0.2, -0.15) is 0 Å². The maximum absolute atomic E-state index is 12.2. The first-order valence-corrected chi connectivity index (χ1v) is 9.62. The van der Waals surface area contributed by atoms with Crippen molar-refractivity contribution in [1.82, 2.24) is 0 Å². The monoisotopic (exact) mass is 411 g/mol. The fraction of sp³-hybridized carbons (Fsp3) is 0.261. The first kappa shape index (κ1) is 22.7. The van der Waals surface area contributed by atoms with Gasteiger partial charge in [-0.15, -0.1) is 0 Å². The number of carbonyl (C=O) groups is 3. The van der Waals surface area contributed by atoms with Crippen molar-refractivity contribution in [3.63, 3.8) is 0 Å². The number of carbonyl (C=O) groups excluding carboxylic acids is 3. The van der Waals surface area contributed by atoms with Crippen LogP contribution in [-0.2, 0) is 14.3 Å². The predicted octanol–water partition coefficient (Wildman–Crippen LogP) is 4.14. The fourth-order valence-corrected chi connectivity index (χ4v) is 2.57. The van der Waals surface area contributed by atoms with Gasteiger partial charge in [0.1, 0.15) is 17.1 Å². The Hall–Kier alpha value is -3.61. The SMILES string of the molecule is CCCC(=O)/C(=C/Nc1ccc(OC(=O)c2ccccc2)cc1OC)C(=O)OCC. The van der Waals surface area contributed by atoms with Gasteiger partial charge in [0.15, 0.2) is 5.78 Å². The molecular weight excluding hydrogens is 386 g/mol. The number of methoxy groups -OCH3 is 1. The van der Waals surface area contributed by atoms with E-state index in [2.05, 4.69) is 5.32 Å². The lowest BCUT2D eigenvalue weighted by atomic mass is 10.1. The summed E-state index contributed by atoms with van der Waals surface area (Å²) in [5, 5.41) is 2.91. The van der Waals surface area contributed by atoms with Crippen LogP contribution in [0.5, 0.6) is 11.5 Å². The molecule has 7 nitrogen and oxygen atoms in total. The van der Waals surface area contributed by atoms with E-state index in [4.69, 9.17) is 14.2 Å². The van der Waals surface area contributed by atoms with Gasteiger partial charge < -0.3 is 19.5 Å². The van der Waals surface area contributed by atoms with Crippen LogP contribution in [-0.4, -0.2) is 31.4 Å². The summed E-state index contributed by atoms with van der Waals surface area (Å²) < 4.78 is 15.7. The highest BCUT2D eigenvalue weighted by Crippen LogP contribution is 2.30. The average Bonchev–Trinajstić information content (AvgIpc) is 2.75. The quantitative estimate of drug-likeness (QED) is 0.207. The summed E-state index contributed by atoms with van der Waals surface area (Å²) in [5.41, 5.74) is 0.846. The van der Waals surface area contributed by atoms with Gasteiger partial charge in [0.05, 0.1) is 25.0 Å². The maximum atomic E-state index is 12.2. The largest absolute Gasteiger partial charge is 0.494 e. The lowest BCUT2D eigenvalue weighted by molar-refractivity contribution is -0.140. The standard InChI is InChI=1S/C23H25NO6/c1-4-9-20(25)18(23(27)29-5-2)15-24-19-13-12-17(14-21(19)28-3)30-22(26)16-10-7-6-8-11-16/h6-8,10-15,24H,4-5,9H2,1-3H3/b18-15-. The first-order valence-electron chi connectivity index (χ1n) is 9.62. The van der Waals surface area contributed by atoms with E-state index >= 15 is 0 Å². The summed E-state index contributed by atoms with van der Waals surface area (Å²) in [4.78, 5) is 36.6. The molecule has 0 amide bonds. The molecule has 2 aromatic rings. The Bertz CT molecular complexity index is 901. The van der Waals surface area contributed by atoms with Gasteiger partial charge in [-0.25, -0.2) is 9.59 Å². The van der Waals surface area contributed by atoms with Crippen molar-refractivity contribution < 1.29 is 28.6 Å². The Morgan fingerprint density at radius 3 is 2.40 bits per heavy atom. The minimum Gasteiger partial charge on any atom is -0.494 e. The van der Waals surface area contributed by atoms with E-state index in [1.54, 1.807) is 43.3 Å². The van der Waals surface area contributed by atoms with Crippen molar-refractivity contribution in [3.8, 4) is 11.5 Å². The number of anilines is 1. The van der Waals surface area contributed by atoms with Crippen molar-refractivity contribution in [1.29, 1.82) is 0 Å².